The summed E-state index contributed by atoms with van der Waals surface area (Å²) in [7, 11) is -3.80. The van der Waals surface area contributed by atoms with Crippen LogP contribution in [0.3, 0.4) is 0 Å². The van der Waals surface area contributed by atoms with Crippen molar-refractivity contribution >= 4 is 30.9 Å². The van der Waals surface area contributed by atoms with Gasteiger partial charge >= 0.3 is 13.6 Å². The fraction of sp³-hybridized carbons (Fsp3) is 0.529. The van der Waals surface area contributed by atoms with Crippen LogP contribution in [0.1, 0.15) is 34.1 Å². The van der Waals surface area contributed by atoms with Gasteiger partial charge in [0.1, 0.15) is 5.60 Å². The van der Waals surface area contributed by atoms with Crippen molar-refractivity contribution in [1.82, 2.24) is 0 Å². The van der Waals surface area contributed by atoms with Gasteiger partial charge in [-0.15, -0.1) is 11.6 Å². The Morgan fingerprint density at radius 1 is 1.38 bits per heavy atom. The van der Waals surface area contributed by atoms with Crippen molar-refractivity contribution in [2.24, 2.45) is 5.41 Å². The van der Waals surface area contributed by atoms with E-state index in [2.05, 4.69) is 0 Å². The molecule has 1 rings (SSSR count). The average molecular weight is 409 g/mol. The van der Waals surface area contributed by atoms with Crippen LogP contribution < -0.4 is 0 Å². The van der Waals surface area contributed by atoms with Crippen LogP contribution in [0.2, 0.25) is 0 Å². The van der Waals surface area contributed by atoms with Crippen LogP contribution in [-0.4, -0.2) is 49.4 Å². The van der Waals surface area contributed by atoms with Crippen molar-refractivity contribution in [1.29, 1.82) is 0 Å². The minimum absolute atomic E-state index is 0.00150. The van der Waals surface area contributed by atoms with Gasteiger partial charge in [0.15, 0.2) is 5.78 Å². The molecule has 26 heavy (non-hydrogen) atoms. The van der Waals surface area contributed by atoms with E-state index >= 15 is 0 Å². The molecule has 0 spiro atoms. The van der Waals surface area contributed by atoms with Gasteiger partial charge in [0.25, 0.3) is 0 Å². The minimum atomic E-state index is -3.80. The molecule has 0 heterocycles. The van der Waals surface area contributed by atoms with Gasteiger partial charge in [0, 0.05) is 23.8 Å². The molecule has 0 aromatic heterocycles. The van der Waals surface area contributed by atoms with E-state index in [1.807, 2.05) is 13.8 Å². The van der Waals surface area contributed by atoms with E-state index in [0.717, 1.165) is 6.08 Å². The summed E-state index contributed by atoms with van der Waals surface area (Å²) in [4.78, 5) is 38.2. The Morgan fingerprint density at radius 2 is 1.92 bits per heavy atom. The molecule has 0 saturated carbocycles. The maximum atomic E-state index is 11.6. The molecule has 0 aromatic carbocycles. The van der Waals surface area contributed by atoms with Crippen molar-refractivity contribution < 1.29 is 34.2 Å². The summed E-state index contributed by atoms with van der Waals surface area (Å²) in [6, 6.07) is 0. The molecule has 1 aliphatic carbocycles. The third-order valence-corrected chi connectivity index (χ3v) is 5.20. The minimum Gasteiger partial charge on any atom is -0.478 e. The first-order valence-electron chi connectivity index (χ1n) is 7.79. The molecule has 148 valence electrons. The highest BCUT2D eigenvalue weighted by atomic mass is 35.5. The molecule has 0 radical (unpaired) electrons. The van der Waals surface area contributed by atoms with Gasteiger partial charge in [-0.1, -0.05) is 19.9 Å². The van der Waals surface area contributed by atoms with Crippen LogP contribution in [0, 0.1) is 5.41 Å². The molecule has 4 N–H and O–H groups in total. The summed E-state index contributed by atoms with van der Waals surface area (Å²) >= 11 is 4.99. The Morgan fingerprint density at radius 3 is 2.27 bits per heavy atom. The lowest BCUT2D eigenvalue weighted by Gasteiger charge is -2.43. The van der Waals surface area contributed by atoms with E-state index in [1.165, 1.54) is 6.08 Å². The number of halogens is 1. The quantitative estimate of drug-likeness (QED) is 0.238. The van der Waals surface area contributed by atoms with E-state index in [0.29, 0.717) is 11.1 Å². The third-order valence-electron chi connectivity index (χ3n) is 3.94. The van der Waals surface area contributed by atoms with Gasteiger partial charge in [0.2, 0.25) is 0 Å². The monoisotopic (exact) mass is 408 g/mol. The molecular weight excluding hydrogens is 383 g/mol. The summed E-state index contributed by atoms with van der Waals surface area (Å²) in [5, 5.41) is 19.4. The SMILES string of the molecule is CC1=CC(=O)CC(C)(C)[C@@]1(O)/C=C/C(C)=C\C(=O)O.O=P(O)(O)CCCl. The second kappa shape index (κ2) is 9.62. The lowest BCUT2D eigenvalue weighted by molar-refractivity contribution is -0.131. The normalized spacial score (nSPS) is 23.3. The summed E-state index contributed by atoms with van der Waals surface area (Å²) < 4.78 is 9.84. The van der Waals surface area contributed by atoms with E-state index < -0.39 is 24.6 Å². The van der Waals surface area contributed by atoms with Crippen LogP contribution in [-0.2, 0) is 14.2 Å². The van der Waals surface area contributed by atoms with Crippen LogP contribution in [0.15, 0.2) is 35.5 Å². The molecule has 1 atom stereocenters. The zero-order valence-electron chi connectivity index (χ0n) is 15.3. The maximum absolute atomic E-state index is 11.6. The number of carbonyl (C=O) groups excluding carboxylic acids is 1. The van der Waals surface area contributed by atoms with Gasteiger partial charge in [-0.25, -0.2) is 4.79 Å². The van der Waals surface area contributed by atoms with Crippen molar-refractivity contribution in [3.05, 3.63) is 35.5 Å². The van der Waals surface area contributed by atoms with Gasteiger partial charge < -0.3 is 20.0 Å². The molecule has 7 nitrogen and oxygen atoms in total. The van der Waals surface area contributed by atoms with Gasteiger partial charge in [-0.2, -0.15) is 0 Å². The number of ketones is 1. The molecule has 0 unspecified atom stereocenters. The van der Waals surface area contributed by atoms with Crippen LogP contribution in [0.4, 0.5) is 0 Å². The number of alkyl halides is 1. The highest BCUT2D eigenvalue weighted by molar-refractivity contribution is 7.51. The molecule has 0 amide bonds. The number of hydrogen-bond acceptors (Lipinski definition) is 4. The number of aliphatic hydroxyl groups is 1. The first kappa shape index (κ1) is 24.8. The van der Waals surface area contributed by atoms with Crippen LogP contribution in [0.25, 0.3) is 0 Å². The van der Waals surface area contributed by atoms with Crippen molar-refractivity contribution in [3.63, 3.8) is 0 Å². The standard InChI is InChI=1S/C15H20O4.C2H6ClO3P/c1-10(7-13(17)18)5-6-15(19)11(2)8-12(16)9-14(15,3)4;3-1-2-7(4,5)6/h5-8,19H,9H2,1-4H3,(H,17,18);1-2H2,(H2,4,5,6)/b6-5+,10-7-;/t15-;/m1./s1. The van der Waals surface area contributed by atoms with Gasteiger partial charge in [-0.3, -0.25) is 9.36 Å². The summed E-state index contributed by atoms with van der Waals surface area (Å²) in [5.74, 6) is -1.01. The lowest BCUT2D eigenvalue weighted by atomic mass is 9.64. The topological polar surface area (TPSA) is 132 Å². The Hall–Kier alpha value is -1.24. The number of rotatable bonds is 5. The van der Waals surface area contributed by atoms with E-state index in [4.69, 9.17) is 26.5 Å². The molecule has 0 saturated heterocycles. The second-order valence-electron chi connectivity index (χ2n) is 6.76. The highest BCUT2D eigenvalue weighted by Crippen LogP contribution is 2.44. The molecule has 9 heteroatoms. The number of carboxylic acids is 1. The first-order valence-corrected chi connectivity index (χ1v) is 10.1. The summed E-state index contributed by atoms with van der Waals surface area (Å²) in [5.41, 5.74) is -0.758. The van der Waals surface area contributed by atoms with Crippen LogP contribution in [0.5, 0.6) is 0 Å². The Labute approximate surface area is 158 Å². The summed E-state index contributed by atoms with van der Waals surface area (Å²) in [6.07, 6.45) is 5.69. The maximum Gasteiger partial charge on any atom is 0.328 e. The van der Waals surface area contributed by atoms with E-state index in [1.54, 1.807) is 26.0 Å². The molecule has 0 aromatic rings. The van der Waals surface area contributed by atoms with Gasteiger partial charge in [-0.05, 0) is 37.1 Å². The molecule has 1 aliphatic rings. The first-order chi connectivity index (χ1) is 11.6. The number of allylic oxidation sites excluding steroid dienone is 3. The lowest BCUT2D eigenvalue weighted by Crippen LogP contribution is -2.48. The number of carbonyl (C=O) groups is 2. The van der Waals surface area contributed by atoms with E-state index in [-0.39, 0.29) is 24.2 Å². The summed E-state index contributed by atoms with van der Waals surface area (Å²) in [6.45, 7) is 7.00. The number of carboxylic acid groups (broad SMARTS) is 1. The largest absolute Gasteiger partial charge is 0.478 e. The predicted octanol–water partition coefficient (Wildman–Crippen LogP) is 2.65. The third kappa shape index (κ3) is 7.98. The Bertz CT molecular complexity index is 673. The Balaban J connectivity index is 0.000000758. The Kier molecular flexibility index (Phi) is 9.17. The zero-order chi connectivity index (χ0) is 20.8. The zero-order valence-corrected chi connectivity index (χ0v) is 16.9. The molecule has 0 bridgehead atoms. The van der Waals surface area contributed by atoms with Crippen molar-refractivity contribution in [3.8, 4) is 0 Å². The second-order valence-corrected chi connectivity index (χ2v) is 8.91. The van der Waals surface area contributed by atoms with Crippen LogP contribution >= 0.6 is 19.2 Å². The van der Waals surface area contributed by atoms with Crippen molar-refractivity contribution in [2.45, 2.75) is 39.7 Å². The number of hydrogen-bond donors (Lipinski definition) is 4. The number of aliphatic carboxylic acids is 1. The molecule has 0 aliphatic heterocycles. The highest BCUT2D eigenvalue weighted by Gasteiger charge is 2.46. The van der Waals surface area contributed by atoms with Crippen molar-refractivity contribution in [2.75, 3.05) is 12.0 Å². The predicted molar refractivity (Wildman–Crippen MR) is 100 cm³/mol. The molecule has 0 fully saturated rings. The fourth-order valence-electron chi connectivity index (χ4n) is 2.47. The average Bonchev–Trinajstić information content (AvgIpc) is 2.41. The fourth-order valence-corrected chi connectivity index (χ4v) is 3.35. The molecular formula is C17H26ClO7P. The van der Waals surface area contributed by atoms with E-state index in [9.17, 15) is 19.3 Å². The van der Waals surface area contributed by atoms with Gasteiger partial charge in [0.05, 0.1) is 6.16 Å². The smallest absolute Gasteiger partial charge is 0.328 e.